The molecule has 1 saturated heterocycles. The number of likely N-dealkylation sites (N-methyl/N-ethyl adjacent to an activating group) is 1. The van der Waals surface area contributed by atoms with Crippen LogP contribution >= 0.6 is 0 Å². The number of carbonyl (C=O) groups is 1. The van der Waals surface area contributed by atoms with Crippen LogP contribution in [-0.2, 0) is 19.4 Å². The Morgan fingerprint density at radius 2 is 2.08 bits per heavy atom. The van der Waals surface area contributed by atoms with Gasteiger partial charge in [0, 0.05) is 33.1 Å². The van der Waals surface area contributed by atoms with E-state index in [4.69, 9.17) is 15.2 Å². The van der Waals surface area contributed by atoms with Crippen LogP contribution in [0, 0.1) is 5.92 Å². The van der Waals surface area contributed by atoms with Crippen LogP contribution in [0.15, 0.2) is 29.2 Å². The maximum absolute atomic E-state index is 12.4. The molecule has 1 aliphatic rings. The van der Waals surface area contributed by atoms with E-state index in [9.17, 15) is 13.2 Å². The molecule has 0 radical (unpaired) electrons. The largest absolute Gasteiger partial charge is 0.493 e. The minimum absolute atomic E-state index is 0.0593. The van der Waals surface area contributed by atoms with Gasteiger partial charge in [-0.1, -0.05) is 6.07 Å². The Kier molecular flexibility index (Phi) is 7.43. The highest BCUT2D eigenvalue weighted by atomic mass is 32.2. The van der Waals surface area contributed by atoms with Gasteiger partial charge in [0.1, 0.15) is 5.75 Å². The van der Waals surface area contributed by atoms with E-state index in [1.807, 2.05) is 0 Å². The SMILES string of the molecule is CN(CCCOc1cccc(S(C)(=O)=O)c1)C(=O)C(N)C1CCOCC1. The quantitative estimate of drug-likeness (QED) is 0.673. The molecule has 2 N–H and O–H groups in total. The van der Waals surface area contributed by atoms with Crippen molar-refractivity contribution in [2.24, 2.45) is 11.7 Å². The number of nitrogens with two attached hydrogens (primary N) is 1. The summed E-state index contributed by atoms with van der Waals surface area (Å²) in [4.78, 5) is 14.3. The molecular weight excluding hydrogens is 356 g/mol. The van der Waals surface area contributed by atoms with Gasteiger partial charge in [0.15, 0.2) is 9.84 Å². The maximum atomic E-state index is 12.4. The first kappa shape index (κ1) is 20.7. The highest BCUT2D eigenvalue weighted by Crippen LogP contribution is 2.19. The average molecular weight is 384 g/mol. The van der Waals surface area contributed by atoms with E-state index in [1.165, 1.54) is 12.1 Å². The van der Waals surface area contributed by atoms with E-state index in [-0.39, 0.29) is 16.7 Å². The first-order chi connectivity index (χ1) is 12.3. The van der Waals surface area contributed by atoms with Gasteiger partial charge in [0.05, 0.1) is 17.5 Å². The molecule has 1 aromatic carbocycles. The van der Waals surface area contributed by atoms with E-state index >= 15 is 0 Å². The standard InChI is InChI=1S/C18H28N2O5S/c1-20(18(21)17(19)14-7-11-24-12-8-14)9-4-10-25-15-5-3-6-16(13-15)26(2,22)23/h3,5-6,13-14,17H,4,7-12,19H2,1-2H3. The lowest BCUT2D eigenvalue weighted by Gasteiger charge is -2.29. The zero-order chi connectivity index (χ0) is 19.2. The van der Waals surface area contributed by atoms with E-state index < -0.39 is 15.9 Å². The van der Waals surface area contributed by atoms with Crippen molar-refractivity contribution in [2.45, 2.75) is 30.2 Å². The number of benzene rings is 1. The fraction of sp³-hybridized carbons (Fsp3) is 0.611. The summed E-state index contributed by atoms with van der Waals surface area (Å²) in [5, 5.41) is 0. The van der Waals surface area contributed by atoms with Crippen molar-refractivity contribution in [3.63, 3.8) is 0 Å². The second-order valence-electron chi connectivity index (χ2n) is 6.68. The molecule has 1 heterocycles. The summed E-state index contributed by atoms with van der Waals surface area (Å²) in [5.74, 6) is 0.616. The van der Waals surface area contributed by atoms with Crippen LogP contribution in [0.5, 0.6) is 5.75 Å². The normalized spacial score (nSPS) is 16.9. The van der Waals surface area contributed by atoms with Crippen molar-refractivity contribution in [1.29, 1.82) is 0 Å². The Morgan fingerprint density at radius 3 is 2.73 bits per heavy atom. The second-order valence-corrected chi connectivity index (χ2v) is 8.70. The number of ether oxygens (including phenoxy) is 2. The molecule has 1 aromatic rings. The minimum Gasteiger partial charge on any atom is -0.493 e. The van der Waals surface area contributed by atoms with Gasteiger partial charge in [-0.05, 0) is 43.4 Å². The van der Waals surface area contributed by atoms with E-state index in [1.54, 1.807) is 24.1 Å². The monoisotopic (exact) mass is 384 g/mol. The van der Waals surface area contributed by atoms with Crippen LogP contribution in [-0.4, -0.2) is 64.9 Å². The molecule has 2 rings (SSSR count). The van der Waals surface area contributed by atoms with Crippen LogP contribution in [0.3, 0.4) is 0 Å². The van der Waals surface area contributed by atoms with Crippen LogP contribution in [0.2, 0.25) is 0 Å². The summed E-state index contributed by atoms with van der Waals surface area (Å²) in [5.41, 5.74) is 6.11. The van der Waals surface area contributed by atoms with E-state index in [2.05, 4.69) is 0 Å². The summed E-state index contributed by atoms with van der Waals surface area (Å²) < 4.78 is 34.0. The fourth-order valence-corrected chi connectivity index (χ4v) is 3.58. The van der Waals surface area contributed by atoms with Crippen molar-refractivity contribution in [2.75, 3.05) is 39.7 Å². The molecule has 0 saturated carbocycles. The van der Waals surface area contributed by atoms with Gasteiger partial charge in [-0.15, -0.1) is 0 Å². The Hall–Kier alpha value is -1.64. The van der Waals surface area contributed by atoms with Gasteiger partial charge in [0.25, 0.3) is 0 Å². The number of hydrogen-bond donors (Lipinski definition) is 1. The first-order valence-electron chi connectivity index (χ1n) is 8.80. The average Bonchev–Trinajstić information content (AvgIpc) is 2.64. The third kappa shape index (κ3) is 5.96. The van der Waals surface area contributed by atoms with Crippen molar-refractivity contribution in [3.8, 4) is 5.75 Å². The van der Waals surface area contributed by atoms with Crippen LogP contribution in [0.1, 0.15) is 19.3 Å². The number of carbonyl (C=O) groups excluding carboxylic acids is 1. The molecule has 0 spiro atoms. The second kappa shape index (κ2) is 9.34. The molecular formula is C18H28N2O5S. The third-order valence-corrected chi connectivity index (χ3v) is 5.69. The molecule has 0 aromatic heterocycles. The first-order valence-corrected chi connectivity index (χ1v) is 10.7. The molecule has 26 heavy (non-hydrogen) atoms. The van der Waals surface area contributed by atoms with Gasteiger partial charge in [-0.3, -0.25) is 4.79 Å². The maximum Gasteiger partial charge on any atom is 0.239 e. The summed E-state index contributed by atoms with van der Waals surface area (Å²) in [6.45, 7) is 2.24. The highest BCUT2D eigenvalue weighted by Gasteiger charge is 2.28. The van der Waals surface area contributed by atoms with Gasteiger partial charge >= 0.3 is 0 Å². The molecule has 0 bridgehead atoms. The predicted molar refractivity (Wildman–Crippen MR) is 98.8 cm³/mol. The minimum atomic E-state index is -3.26. The Labute approximate surface area is 155 Å². The molecule has 1 unspecified atom stereocenters. The number of sulfone groups is 1. The van der Waals surface area contributed by atoms with Gasteiger partial charge in [-0.2, -0.15) is 0 Å². The van der Waals surface area contributed by atoms with Crippen LogP contribution < -0.4 is 10.5 Å². The molecule has 146 valence electrons. The molecule has 0 aliphatic carbocycles. The molecule has 1 aliphatic heterocycles. The lowest BCUT2D eigenvalue weighted by atomic mass is 9.91. The summed E-state index contributed by atoms with van der Waals surface area (Å²) >= 11 is 0. The van der Waals surface area contributed by atoms with E-state index in [0.717, 1.165) is 19.1 Å². The smallest absolute Gasteiger partial charge is 0.239 e. The highest BCUT2D eigenvalue weighted by molar-refractivity contribution is 7.90. The lowest BCUT2D eigenvalue weighted by Crippen LogP contribution is -2.48. The number of rotatable bonds is 8. The van der Waals surface area contributed by atoms with Gasteiger partial charge in [0.2, 0.25) is 5.91 Å². The fourth-order valence-electron chi connectivity index (χ4n) is 2.93. The van der Waals surface area contributed by atoms with E-state index in [0.29, 0.717) is 38.5 Å². The Balaban J connectivity index is 1.76. The summed E-state index contributed by atoms with van der Waals surface area (Å²) in [7, 11) is -1.51. The number of hydrogen-bond acceptors (Lipinski definition) is 6. The summed E-state index contributed by atoms with van der Waals surface area (Å²) in [6, 6.07) is 5.91. The Bertz CT molecular complexity index is 701. The van der Waals surface area contributed by atoms with Gasteiger partial charge in [-0.25, -0.2) is 8.42 Å². The molecule has 1 amide bonds. The lowest BCUT2D eigenvalue weighted by molar-refractivity contribution is -0.133. The molecule has 8 heteroatoms. The zero-order valence-corrected chi connectivity index (χ0v) is 16.2. The molecule has 1 fully saturated rings. The molecule has 7 nitrogen and oxygen atoms in total. The van der Waals surface area contributed by atoms with Crippen molar-refractivity contribution in [3.05, 3.63) is 24.3 Å². The van der Waals surface area contributed by atoms with Crippen molar-refractivity contribution >= 4 is 15.7 Å². The van der Waals surface area contributed by atoms with Crippen LogP contribution in [0.4, 0.5) is 0 Å². The number of amides is 1. The zero-order valence-electron chi connectivity index (χ0n) is 15.4. The van der Waals surface area contributed by atoms with Crippen molar-refractivity contribution in [1.82, 2.24) is 4.90 Å². The molecule has 1 atom stereocenters. The van der Waals surface area contributed by atoms with Gasteiger partial charge < -0.3 is 20.1 Å². The predicted octanol–water partition coefficient (Wildman–Crippen LogP) is 1.07. The topological polar surface area (TPSA) is 98.9 Å². The summed E-state index contributed by atoms with van der Waals surface area (Å²) in [6.07, 6.45) is 3.43. The van der Waals surface area contributed by atoms with Crippen molar-refractivity contribution < 1.29 is 22.7 Å². The van der Waals surface area contributed by atoms with Crippen LogP contribution in [0.25, 0.3) is 0 Å². The number of nitrogens with zero attached hydrogens (tertiary/aromatic N) is 1. The Morgan fingerprint density at radius 1 is 1.38 bits per heavy atom. The third-order valence-electron chi connectivity index (χ3n) is 4.58.